The van der Waals surface area contributed by atoms with Crippen molar-refractivity contribution in [1.29, 1.82) is 0 Å². The molecule has 1 aliphatic carbocycles. The first kappa shape index (κ1) is 10.3. The van der Waals surface area contributed by atoms with Crippen LogP contribution in [-0.4, -0.2) is 16.1 Å². The quantitative estimate of drug-likeness (QED) is 0.846. The van der Waals surface area contributed by atoms with Crippen molar-refractivity contribution in [3.63, 3.8) is 0 Å². The van der Waals surface area contributed by atoms with Crippen LogP contribution in [0.3, 0.4) is 0 Å². The van der Waals surface area contributed by atoms with Gasteiger partial charge in [-0.05, 0) is 37.6 Å². The van der Waals surface area contributed by atoms with E-state index in [9.17, 15) is 0 Å². The van der Waals surface area contributed by atoms with Crippen LogP contribution in [-0.2, 0) is 6.54 Å². The third-order valence-electron chi connectivity index (χ3n) is 4.27. The van der Waals surface area contributed by atoms with Crippen molar-refractivity contribution in [2.45, 2.75) is 51.6 Å². The van der Waals surface area contributed by atoms with Crippen molar-refractivity contribution in [3.05, 3.63) is 18.2 Å². The number of rotatable bonds is 3. The summed E-state index contributed by atoms with van der Waals surface area (Å²) in [5.41, 5.74) is 1.93. The number of hydrogen-bond acceptors (Lipinski definition) is 2. The molecule has 1 aromatic heterocycles. The van der Waals surface area contributed by atoms with Gasteiger partial charge in [0.25, 0.3) is 0 Å². The van der Waals surface area contributed by atoms with E-state index in [0.29, 0.717) is 11.5 Å². The van der Waals surface area contributed by atoms with Crippen LogP contribution in [0.1, 0.15) is 50.8 Å². The van der Waals surface area contributed by atoms with E-state index in [1.165, 1.54) is 37.8 Å². The van der Waals surface area contributed by atoms with Crippen LogP contribution in [0.15, 0.2) is 12.5 Å². The van der Waals surface area contributed by atoms with E-state index < -0.39 is 0 Å². The van der Waals surface area contributed by atoms with Crippen LogP contribution in [0.4, 0.5) is 0 Å². The highest BCUT2D eigenvalue weighted by atomic mass is 15.1. The zero-order valence-electron chi connectivity index (χ0n) is 10.1. The lowest BCUT2D eigenvalue weighted by Crippen LogP contribution is -2.31. The molecule has 88 valence electrons. The fourth-order valence-corrected chi connectivity index (χ4v) is 3.04. The monoisotopic (exact) mass is 219 g/mol. The zero-order chi connectivity index (χ0) is 11.0. The maximum Gasteiger partial charge on any atom is 0.0948 e. The zero-order valence-corrected chi connectivity index (χ0v) is 10.1. The van der Waals surface area contributed by atoms with Crippen molar-refractivity contribution in [2.24, 2.45) is 5.41 Å². The molecule has 1 saturated heterocycles. The normalized spacial score (nSPS) is 27.9. The third kappa shape index (κ3) is 1.77. The van der Waals surface area contributed by atoms with Gasteiger partial charge in [-0.25, -0.2) is 4.98 Å². The van der Waals surface area contributed by atoms with Gasteiger partial charge in [-0.1, -0.05) is 13.3 Å². The Morgan fingerprint density at radius 2 is 2.38 bits per heavy atom. The Labute approximate surface area is 97.3 Å². The van der Waals surface area contributed by atoms with Crippen LogP contribution < -0.4 is 5.32 Å². The first-order valence-corrected chi connectivity index (χ1v) is 6.50. The SMILES string of the molecule is CC1(Cn2cncc2[C@@H]2CCCN2)CCC1. The standard InChI is InChI=1S/C13H21N3/c1-13(5-3-6-13)9-16-10-14-8-12(16)11-4-2-7-15-11/h8,10-11,15H,2-7,9H2,1H3/t11-/m0/s1. The first-order valence-electron chi connectivity index (χ1n) is 6.50. The van der Waals surface area contributed by atoms with Gasteiger partial charge < -0.3 is 9.88 Å². The van der Waals surface area contributed by atoms with Crippen LogP contribution in [0.5, 0.6) is 0 Å². The molecule has 0 bridgehead atoms. The molecule has 2 aliphatic rings. The molecule has 0 unspecified atom stereocenters. The van der Waals surface area contributed by atoms with Gasteiger partial charge in [-0.2, -0.15) is 0 Å². The van der Waals surface area contributed by atoms with Crippen LogP contribution in [0.2, 0.25) is 0 Å². The average Bonchev–Trinajstić information content (AvgIpc) is 2.83. The minimum absolute atomic E-state index is 0.536. The smallest absolute Gasteiger partial charge is 0.0948 e. The number of nitrogens with one attached hydrogen (secondary N) is 1. The van der Waals surface area contributed by atoms with E-state index >= 15 is 0 Å². The molecule has 1 N–H and O–H groups in total. The number of nitrogens with zero attached hydrogens (tertiary/aromatic N) is 2. The van der Waals surface area contributed by atoms with Gasteiger partial charge in [-0.15, -0.1) is 0 Å². The Hall–Kier alpha value is -0.830. The van der Waals surface area contributed by atoms with E-state index in [1.54, 1.807) is 0 Å². The first-order chi connectivity index (χ1) is 7.77. The molecule has 1 saturated carbocycles. The molecule has 16 heavy (non-hydrogen) atoms. The lowest BCUT2D eigenvalue weighted by molar-refractivity contribution is 0.130. The minimum Gasteiger partial charge on any atom is -0.333 e. The van der Waals surface area contributed by atoms with E-state index in [2.05, 4.69) is 21.8 Å². The van der Waals surface area contributed by atoms with Gasteiger partial charge in [0.05, 0.1) is 12.0 Å². The van der Waals surface area contributed by atoms with Gasteiger partial charge in [0, 0.05) is 18.8 Å². The number of hydrogen-bond donors (Lipinski definition) is 1. The Kier molecular flexibility index (Phi) is 2.51. The Balaban J connectivity index is 1.76. The Morgan fingerprint density at radius 3 is 3.00 bits per heavy atom. The summed E-state index contributed by atoms with van der Waals surface area (Å²) in [6, 6.07) is 0.547. The van der Waals surface area contributed by atoms with Gasteiger partial charge in [0.15, 0.2) is 0 Å². The summed E-state index contributed by atoms with van der Waals surface area (Å²) < 4.78 is 2.38. The minimum atomic E-state index is 0.536. The molecule has 0 spiro atoms. The summed E-state index contributed by atoms with van der Waals surface area (Å²) in [5.74, 6) is 0. The molecule has 3 nitrogen and oxygen atoms in total. The largest absolute Gasteiger partial charge is 0.333 e. The molecule has 0 radical (unpaired) electrons. The summed E-state index contributed by atoms with van der Waals surface area (Å²) in [7, 11) is 0. The molecule has 0 aromatic carbocycles. The lowest BCUT2D eigenvalue weighted by Gasteiger charge is -2.39. The second-order valence-electron chi connectivity index (χ2n) is 5.76. The van der Waals surface area contributed by atoms with Crippen LogP contribution in [0.25, 0.3) is 0 Å². The summed E-state index contributed by atoms with van der Waals surface area (Å²) >= 11 is 0. The number of aromatic nitrogens is 2. The highest BCUT2D eigenvalue weighted by Crippen LogP contribution is 2.42. The number of imidazole rings is 1. The molecule has 0 amide bonds. The summed E-state index contributed by atoms with van der Waals surface area (Å²) in [4.78, 5) is 4.33. The predicted molar refractivity (Wildman–Crippen MR) is 64.2 cm³/mol. The molecule has 2 heterocycles. The van der Waals surface area contributed by atoms with Crippen LogP contribution in [0, 0.1) is 5.41 Å². The average molecular weight is 219 g/mol. The van der Waals surface area contributed by atoms with Crippen molar-refractivity contribution >= 4 is 0 Å². The van der Waals surface area contributed by atoms with Gasteiger partial charge in [0.2, 0.25) is 0 Å². The van der Waals surface area contributed by atoms with Crippen molar-refractivity contribution < 1.29 is 0 Å². The maximum atomic E-state index is 4.33. The van der Waals surface area contributed by atoms with Gasteiger partial charge in [0.1, 0.15) is 0 Å². The highest BCUT2D eigenvalue weighted by molar-refractivity contribution is 5.08. The molecule has 2 fully saturated rings. The Morgan fingerprint density at radius 1 is 1.50 bits per heavy atom. The van der Waals surface area contributed by atoms with Crippen LogP contribution >= 0.6 is 0 Å². The van der Waals surface area contributed by atoms with Crippen molar-refractivity contribution in [2.75, 3.05) is 6.54 Å². The highest BCUT2D eigenvalue weighted by Gasteiger charge is 2.33. The Bertz CT molecular complexity index is 359. The van der Waals surface area contributed by atoms with Crippen molar-refractivity contribution in [1.82, 2.24) is 14.9 Å². The van der Waals surface area contributed by atoms with E-state index in [0.717, 1.165) is 13.1 Å². The van der Waals surface area contributed by atoms with E-state index in [1.807, 2.05) is 12.5 Å². The molecular formula is C13H21N3. The molecule has 1 atom stereocenters. The van der Waals surface area contributed by atoms with E-state index in [4.69, 9.17) is 0 Å². The lowest BCUT2D eigenvalue weighted by atomic mass is 9.70. The predicted octanol–water partition coefficient (Wildman–Crippen LogP) is 2.50. The molecular weight excluding hydrogens is 198 g/mol. The summed E-state index contributed by atoms with van der Waals surface area (Å²) in [6.45, 7) is 4.72. The van der Waals surface area contributed by atoms with Crippen molar-refractivity contribution in [3.8, 4) is 0 Å². The molecule has 3 heteroatoms. The second kappa shape index (κ2) is 3.88. The second-order valence-corrected chi connectivity index (χ2v) is 5.76. The fraction of sp³-hybridized carbons (Fsp3) is 0.769. The molecule has 3 rings (SSSR count). The fourth-order valence-electron chi connectivity index (χ4n) is 3.04. The summed E-state index contributed by atoms with van der Waals surface area (Å²) in [5, 5.41) is 3.56. The third-order valence-corrected chi connectivity index (χ3v) is 4.27. The van der Waals surface area contributed by atoms with E-state index in [-0.39, 0.29) is 0 Å². The topological polar surface area (TPSA) is 29.9 Å². The van der Waals surface area contributed by atoms with Gasteiger partial charge >= 0.3 is 0 Å². The van der Waals surface area contributed by atoms with Gasteiger partial charge in [-0.3, -0.25) is 0 Å². The summed E-state index contributed by atoms with van der Waals surface area (Å²) in [6.07, 6.45) is 10.8. The molecule has 1 aromatic rings. The maximum absolute atomic E-state index is 4.33. The molecule has 1 aliphatic heterocycles.